The summed E-state index contributed by atoms with van der Waals surface area (Å²) in [5, 5.41) is 14.6. The Morgan fingerprint density at radius 1 is 1.77 bits per heavy atom. The third-order valence-electron chi connectivity index (χ3n) is 0.986. The van der Waals surface area contributed by atoms with Gasteiger partial charge in [-0.1, -0.05) is 5.16 Å². The Morgan fingerprint density at radius 3 is 3.00 bits per heavy atom. The van der Waals surface area contributed by atoms with Gasteiger partial charge in [-0.3, -0.25) is 4.84 Å². The van der Waals surface area contributed by atoms with E-state index in [4.69, 9.17) is 5.26 Å². The third kappa shape index (κ3) is 7.15. The summed E-state index contributed by atoms with van der Waals surface area (Å²) in [4.78, 5) is 15.0. The van der Waals surface area contributed by atoms with Crippen LogP contribution in [0.25, 0.3) is 0 Å². The largest absolute Gasteiger partial charge is 0.433 e. The summed E-state index contributed by atoms with van der Waals surface area (Å²) in [6.45, 7) is 1.71. The lowest BCUT2D eigenvalue weighted by molar-refractivity contribution is 0.153. The molecule has 1 N–H and O–H groups in total. The Bertz CT molecular complexity index is 234. The minimum absolute atomic E-state index is 0.456. The first-order valence-corrected chi connectivity index (χ1v) is 4.62. The lowest BCUT2D eigenvalue weighted by Crippen LogP contribution is -2.17. The van der Waals surface area contributed by atoms with Gasteiger partial charge in [-0.2, -0.15) is 5.26 Å². The molecule has 0 aliphatic carbocycles. The Kier molecular flexibility index (Phi) is 6.73. The second-order valence-electron chi connectivity index (χ2n) is 2.00. The Balaban J connectivity index is 3.64. The molecule has 0 bridgehead atoms. The predicted octanol–water partition coefficient (Wildman–Crippen LogP) is 1.32. The molecule has 0 spiro atoms. The first-order valence-electron chi connectivity index (χ1n) is 3.63. The van der Waals surface area contributed by atoms with Gasteiger partial charge in [-0.25, -0.2) is 4.79 Å². The van der Waals surface area contributed by atoms with Gasteiger partial charge < -0.3 is 5.32 Å². The van der Waals surface area contributed by atoms with E-state index >= 15 is 0 Å². The number of carbonyl (C=O) groups is 1. The van der Waals surface area contributed by atoms with Crippen LogP contribution in [0.3, 0.4) is 0 Å². The van der Waals surface area contributed by atoms with Crippen LogP contribution in [0.4, 0.5) is 4.79 Å². The average molecular weight is 201 g/mol. The van der Waals surface area contributed by atoms with Crippen molar-refractivity contribution in [3.05, 3.63) is 0 Å². The maximum atomic E-state index is 10.5. The van der Waals surface area contributed by atoms with Gasteiger partial charge in [0.05, 0.1) is 6.07 Å². The fourth-order valence-corrected chi connectivity index (χ4v) is 1.00. The second-order valence-corrected chi connectivity index (χ2v) is 3.28. The maximum absolute atomic E-state index is 10.5. The number of oxime groups is 1. The van der Waals surface area contributed by atoms with Gasteiger partial charge in [-0.05, 0) is 6.92 Å². The van der Waals surface area contributed by atoms with Crippen molar-refractivity contribution in [3.63, 3.8) is 0 Å². The molecule has 0 aliphatic heterocycles. The summed E-state index contributed by atoms with van der Waals surface area (Å²) in [6.07, 6.45) is -0.141. The summed E-state index contributed by atoms with van der Waals surface area (Å²) in [7, 11) is 1.45. The monoisotopic (exact) mass is 201 g/mol. The first kappa shape index (κ1) is 11.8. The van der Waals surface area contributed by atoms with Gasteiger partial charge >= 0.3 is 6.09 Å². The highest BCUT2D eigenvalue weighted by atomic mass is 32.2. The fourth-order valence-electron chi connectivity index (χ4n) is 0.422. The molecule has 0 saturated heterocycles. The van der Waals surface area contributed by atoms with Crippen molar-refractivity contribution >= 4 is 22.9 Å². The van der Waals surface area contributed by atoms with Crippen LogP contribution in [0.1, 0.15) is 13.3 Å². The van der Waals surface area contributed by atoms with Crippen LogP contribution in [0.5, 0.6) is 0 Å². The summed E-state index contributed by atoms with van der Waals surface area (Å²) >= 11 is 1.38. The van der Waals surface area contributed by atoms with Crippen LogP contribution in [-0.4, -0.2) is 23.9 Å². The van der Waals surface area contributed by atoms with Gasteiger partial charge in [0.2, 0.25) is 0 Å². The molecule has 0 radical (unpaired) electrons. The molecule has 13 heavy (non-hydrogen) atoms. The minimum atomic E-state index is -0.597. The van der Waals surface area contributed by atoms with E-state index in [1.807, 2.05) is 6.07 Å². The fraction of sp³-hybridized carbons (Fsp3) is 0.571. The molecule has 0 heterocycles. The number of amides is 1. The minimum Gasteiger partial charge on any atom is -0.323 e. The van der Waals surface area contributed by atoms with E-state index in [1.54, 1.807) is 6.92 Å². The topological polar surface area (TPSA) is 74.5 Å². The Hall–Kier alpha value is -1.22. The predicted molar refractivity (Wildman–Crippen MR) is 51.3 cm³/mol. The molecular formula is C7H11N3O2S. The van der Waals surface area contributed by atoms with E-state index in [9.17, 15) is 4.79 Å². The van der Waals surface area contributed by atoms with Gasteiger partial charge in [0.1, 0.15) is 5.04 Å². The summed E-state index contributed by atoms with van der Waals surface area (Å²) in [5.41, 5.74) is 0. The third-order valence-corrected chi connectivity index (χ3v) is 1.89. The Labute approximate surface area is 81.1 Å². The molecule has 0 aromatic heterocycles. The number of hydrogen-bond acceptors (Lipinski definition) is 5. The first-order chi connectivity index (χ1) is 6.20. The van der Waals surface area contributed by atoms with Gasteiger partial charge in [0.25, 0.3) is 0 Å². The van der Waals surface area contributed by atoms with Gasteiger partial charge in [0.15, 0.2) is 0 Å². The quantitative estimate of drug-likeness (QED) is 0.246. The maximum Gasteiger partial charge on any atom is 0.433 e. The standard InChI is InChI=1S/C7H11N3O2S/c1-6(13-5-3-4-8)10-12-7(11)9-2/h3,5H2,1-2H3,(H,9,11)/b10-6+. The van der Waals surface area contributed by atoms with Crippen LogP contribution in [0, 0.1) is 11.3 Å². The van der Waals surface area contributed by atoms with Crippen LogP contribution in [0.15, 0.2) is 5.16 Å². The molecule has 0 rings (SSSR count). The van der Waals surface area contributed by atoms with Crippen molar-refractivity contribution in [1.82, 2.24) is 5.32 Å². The smallest absolute Gasteiger partial charge is 0.323 e. The zero-order valence-electron chi connectivity index (χ0n) is 7.53. The van der Waals surface area contributed by atoms with Crippen molar-refractivity contribution in [2.75, 3.05) is 12.8 Å². The highest BCUT2D eigenvalue weighted by molar-refractivity contribution is 8.13. The van der Waals surface area contributed by atoms with Crippen LogP contribution in [0.2, 0.25) is 0 Å². The highest BCUT2D eigenvalue weighted by Gasteiger charge is 1.97. The normalized spacial score (nSPS) is 10.4. The van der Waals surface area contributed by atoms with Gasteiger partial charge in [0, 0.05) is 19.2 Å². The number of nitrogens with zero attached hydrogens (tertiary/aromatic N) is 2. The number of thioether (sulfide) groups is 1. The Morgan fingerprint density at radius 2 is 2.46 bits per heavy atom. The number of carbonyl (C=O) groups excluding carboxylic acids is 1. The molecule has 0 fully saturated rings. The van der Waals surface area contributed by atoms with Crippen molar-refractivity contribution in [1.29, 1.82) is 5.26 Å². The number of rotatable bonds is 3. The van der Waals surface area contributed by atoms with E-state index in [2.05, 4.69) is 15.3 Å². The molecule has 6 heteroatoms. The summed E-state index contributed by atoms with van der Waals surface area (Å²) < 4.78 is 0. The molecule has 1 amide bonds. The molecule has 0 aliphatic rings. The van der Waals surface area contributed by atoms with E-state index in [0.717, 1.165) is 0 Å². The number of nitriles is 1. The molecule has 0 unspecified atom stereocenters. The molecule has 0 aromatic carbocycles. The zero-order chi connectivity index (χ0) is 10.1. The molecular weight excluding hydrogens is 190 g/mol. The van der Waals surface area contributed by atoms with E-state index in [0.29, 0.717) is 17.2 Å². The van der Waals surface area contributed by atoms with Crippen molar-refractivity contribution in [2.24, 2.45) is 5.16 Å². The molecule has 0 saturated carbocycles. The SMILES string of the molecule is CNC(=O)O/N=C(\C)SCCC#N. The number of hydrogen-bond donors (Lipinski definition) is 1. The van der Waals surface area contributed by atoms with Crippen LogP contribution >= 0.6 is 11.8 Å². The lowest BCUT2D eigenvalue weighted by Gasteiger charge is -1.97. The van der Waals surface area contributed by atoms with E-state index in [-0.39, 0.29) is 0 Å². The van der Waals surface area contributed by atoms with E-state index < -0.39 is 6.09 Å². The molecule has 72 valence electrons. The molecule has 5 nitrogen and oxygen atoms in total. The van der Waals surface area contributed by atoms with Crippen molar-refractivity contribution in [2.45, 2.75) is 13.3 Å². The van der Waals surface area contributed by atoms with Gasteiger partial charge in [-0.15, -0.1) is 11.8 Å². The molecule has 0 aromatic rings. The lowest BCUT2D eigenvalue weighted by atomic mass is 10.6. The summed E-state index contributed by atoms with van der Waals surface area (Å²) in [5.74, 6) is 0.656. The zero-order valence-corrected chi connectivity index (χ0v) is 8.35. The van der Waals surface area contributed by atoms with Crippen LogP contribution < -0.4 is 5.32 Å². The highest BCUT2D eigenvalue weighted by Crippen LogP contribution is 2.05. The van der Waals surface area contributed by atoms with Crippen molar-refractivity contribution in [3.8, 4) is 6.07 Å². The average Bonchev–Trinajstić information content (AvgIpc) is 2.14. The molecule has 0 atom stereocenters. The van der Waals surface area contributed by atoms with Crippen molar-refractivity contribution < 1.29 is 9.63 Å². The second kappa shape index (κ2) is 7.43. The number of nitrogens with one attached hydrogen (secondary N) is 1. The van der Waals surface area contributed by atoms with Crippen LogP contribution in [-0.2, 0) is 4.84 Å². The summed E-state index contributed by atoms with van der Waals surface area (Å²) in [6, 6.07) is 2.00. The van der Waals surface area contributed by atoms with E-state index in [1.165, 1.54) is 18.8 Å².